The highest BCUT2D eigenvalue weighted by Crippen LogP contribution is 2.33. The van der Waals surface area contributed by atoms with Gasteiger partial charge in [-0.1, -0.05) is 24.4 Å². The molecule has 1 amide bonds. The Hall–Kier alpha value is -2.24. The molecule has 2 aliphatic rings. The monoisotopic (exact) mass is 354 g/mol. The van der Waals surface area contributed by atoms with Gasteiger partial charge in [0, 0.05) is 42.4 Å². The first-order valence-electron chi connectivity index (χ1n) is 9.68. The van der Waals surface area contributed by atoms with Gasteiger partial charge in [-0.15, -0.1) is 0 Å². The van der Waals surface area contributed by atoms with Crippen molar-refractivity contribution in [2.24, 2.45) is 0 Å². The summed E-state index contributed by atoms with van der Waals surface area (Å²) in [5.41, 5.74) is 2.90. The number of rotatable bonds is 3. The number of carbonyl (C=O) groups excluding carboxylic acids is 1. The lowest BCUT2D eigenvalue weighted by Gasteiger charge is -2.18. The fourth-order valence-corrected chi connectivity index (χ4v) is 4.23. The Labute approximate surface area is 154 Å². The molecule has 0 radical (unpaired) electrons. The summed E-state index contributed by atoms with van der Waals surface area (Å²) in [6, 6.07) is 3.83. The van der Waals surface area contributed by atoms with Crippen molar-refractivity contribution >= 4 is 5.91 Å². The van der Waals surface area contributed by atoms with E-state index in [4.69, 9.17) is 4.52 Å². The summed E-state index contributed by atoms with van der Waals surface area (Å²) in [5.74, 6) is 1.79. The van der Waals surface area contributed by atoms with Gasteiger partial charge in [0.1, 0.15) is 5.82 Å². The number of nitrogens with zero attached hydrogens (tertiary/aromatic N) is 4. The van der Waals surface area contributed by atoms with E-state index in [1.165, 1.54) is 19.3 Å². The fourth-order valence-electron chi connectivity index (χ4n) is 4.23. The minimum Gasteiger partial charge on any atom is -0.351 e. The van der Waals surface area contributed by atoms with Gasteiger partial charge in [-0.3, -0.25) is 4.79 Å². The fraction of sp³-hybridized carbons (Fsp3) is 0.600. The van der Waals surface area contributed by atoms with E-state index in [2.05, 4.69) is 15.1 Å². The highest BCUT2D eigenvalue weighted by atomic mass is 16.5. The first-order valence-corrected chi connectivity index (χ1v) is 9.68. The molecule has 1 aliphatic carbocycles. The highest BCUT2D eigenvalue weighted by molar-refractivity contribution is 5.91. The Morgan fingerprint density at radius 1 is 1.04 bits per heavy atom. The Kier molecular flexibility index (Phi) is 4.74. The van der Waals surface area contributed by atoms with Crippen molar-refractivity contribution in [3.05, 3.63) is 40.8 Å². The van der Waals surface area contributed by atoms with Crippen LogP contribution in [0.25, 0.3) is 0 Å². The van der Waals surface area contributed by atoms with Gasteiger partial charge in [0.15, 0.2) is 0 Å². The first kappa shape index (κ1) is 17.2. The van der Waals surface area contributed by atoms with Gasteiger partial charge in [-0.05, 0) is 39.2 Å². The summed E-state index contributed by atoms with van der Waals surface area (Å²) < 4.78 is 5.40. The molecule has 1 atom stereocenters. The Bertz CT molecular complexity index is 775. The van der Waals surface area contributed by atoms with E-state index >= 15 is 0 Å². The van der Waals surface area contributed by atoms with E-state index < -0.39 is 0 Å². The third kappa shape index (κ3) is 3.50. The third-order valence-electron chi connectivity index (χ3n) is 5.60. The first-order chi connectivity index (χ1) is 12.6. The largest absolute Gasteiger partial charge is 0.351 e. The van der Waals surface area contributed by atoms with E-state index in [0.29, 0.717) is 24.8 Å². The number of aryl methyl sites for hydroxylation is 2. The maximum Gasteiger partial charge on any atom is 0.292 e. The van der Waals surface area contributed by atoms with Crippen molar-refractivity contribution in [3.63, 3.8) is 0 Å². The number of aromatic nitrogens is 3. The maximum absolute atomic E-state index is 12.8. The molecule has 0 N–H and O–H groups in total. The summed E-state index contributed by atoms with van der Waals surface area (Å²) in [5, 5.41) is 4.19. The number of likely N-dealkylation sites (tertiary alicyclic amines) is 1. The Balaban J connectivity index is 1.43. The molecule has 0 aromatic carbocycles. The summed E-state index contributed by atoms with van der Waals surface area (Å²) in [6.45, 7) is 5.31. The summed E-state index contributed by atoms with van der Waals surface area (Å²) >= 11 is 0. The van der Waals surface area contributed by atoms with Crippen molar-refractivity contribution < 1.29 is 9.32 Å². The van der Waals surface area contributed by atoms with E-state index in [-0.39, 0.29) is 11.8 Å². The van der Waals surface area contributed by atoms with Crippen molar-refractivity contribution in [1.29, 1.82) is 0 Å². The molecule has 1 saturated carbocycles. The lowest BCUT2D eigenvalue weighted by atomic mass is 9.87. The number of carbonyl (C=O) groups is 1. The molecule has 26 heavy (non-hydrogen) atoms. The van der Waals surface area contributed by atoms with Gasteiger partial charge in [0.05, 0.1) is 5.69 Å². The van der Waals surface area contributed by atoms with Crippen LogP contribution in [-0.4, -0.2) is 39.0 Å². The summed E-state index contributed by atoms with van der Waals surface area (Å²) in [7, 11) is 0. The van der Waals surface area contributed by atoms with Crippen LogP contribution in [0.4, 0.5) is 0 Å². The quantitative estimate of drug-likeness (QED) is 0.839. The molecule has 3 heterocycles. The molecule has 1 aliphatic heterocycles. The molecule has 2 aromatic rings. The smallest absolute Gasteiger partial charge is 0.292 e. The molecule has 6 heteroatoms. The number of hydrogen-bond donors (Lipinski definition) is 0. The van der Waals surface area contributed by atoms with Gasteiger partial charge >= 0.3 is 0 Å². The predicted molar refractivity (Wildman–Crippen MR) is 97.1 cm³/mol. The third-order valence-corrected chi connectivity index (χ3v) is 5.60. The SMILES string of the molecule is Cc1cc(C)nc(C2CCN(C(=O)c3cc(C4CCCCC4)no3)C2)n1. The molecule has 138 valence electrons. The second-order valence-electron chi connectivity index (χ2n) is 7.70. The predicted octanol–water partition coefficient (Wildman–Crippen LogP) is 3.76. The molecule has 0 spiro atoms. The van der Waals surface area contributed by atoms with Crippen LogP contribution in [0, 0.1) is 13.8 Å². The zero-order valence-corrected chi connectivity index (χ0v) is 15.6. The zero-order chi connectivity index (χ0) is 18.1. The van der Waals surface area contributed by atoms with Crippen molar-refractivity contribution in [2.75, 3.05) is 13.1 Å². The van der Waals surface area contributed by atoms with Crippen LogP contribution in [0.5, 0.6) is 0 Å². The van der Waals surface area contributed by atoms with E-state index in [0.717, 1.165) is 42.2 Å². The van der Waals surface area contributed by atoms with Gasteiger partial charge in [-0.25, -0.2) is 9.97 Å². The minimum absolute atomic E-state index is 0.0635. The average molecular weight is 354 g/mol. The normalized spacial score (nSPS) is 21.3. The maximum atomic E-state index is 12.8. The molecular weight excluding hydrogens is 328 g/mol. The molecule has 1 saturated heterocycles. The summed E-state index contributed by atoms with van der Waals surface area (Å²) in [4.78, 5) is 23.8. The highest BCUT2D eigenvalue weighted by Gasteiger charge is 2.32. The second-order valence-corrected chi connectivity index (χ2v) is 7.70. The zero-order valence-electron chi connectivity index (χ0n) is 15.6. The molecule has 4 rings (SSSR count). The average Bonchev–Trinajstić information content (AvgIpc) is 3.31. The van der Waals surface area contributed by atoms with Gasteiger partial charge in [-0.2, -0.15) is 0 Å². The topological polar surface area (TPSA) is 72.1 Å². The van der Waals surface area contributed by atoms with Crippen LogP contribution in [-0.2, 0) is 0 Å². The minimum atomic E-state index is -0.0635. The Morgan fingerprint density at radius 3 is 2.50 bits per heavy atom. The van der Waals surface area contributed by atoms with E-state index in [1.807, 2.05) is 30.9 Å². The summed E-state index contributed by atoms with van der Waals surface area (Å²) in [6.07, 6.45) is 6.97. The van der Waals surface area contributed by atoms with Crippen molar-refractivity contribution in [2.45, 2.75) is 64.2 Å². The van der Waals surface area contributed by atoms with Crippen molar-refractivity contribution in [1.82, 2.24) is 20.0 Å². The standard InChI is InChI=1S/C20H26N4O2/c1-13-10-14(2)22-19(21-13)16-8-9-24(12-16)20(25)18-11-17(23-26-18)15-6-4-3-5-7-15/h10-11,15-16H,3-9,12H2,1-2H3. The van der Waals surface area contributed by atoms with Gasteiger partial charge < -0.3 is 9.42 Å². The van der Waals surface area contributed by atoms with E-state index in [9.17, 15) is 4.79 Å². The van der Waals surface area contributed by atoms with Crippen LogP contribution in [0.1, 0.15) is 83.8 Å². The van der Waals surface area contributed by atoms with Crippen molar-refractivity contribution in [3.8, 4) is 0 Å². The van der Waals surface area contributed by atoms with Crippen LogP contribution in [0.2, 0.25) is 0 Å². The molecule has 2 aromatic heterocycles. The molecular formula is C20H26N4O2. The van der Waals surface area contributed by atoms with Crippen LogP contribution >= 0.6 is 0 Å². The second kappa shape index (κ2) is 7.17. The van der Waals surface area contributed by atoms with Gasteiger partial charge in [0.2, 0.25) is 5.76 Å². The lowest BCUT2D eigenvalue weighted by Crippen LogP contribution is -2.28. The molecule has 1 unspecified atom stereocenters. The number of hydrogen-bond acceptors (Lipinski definition) is 5. The number of amides is 1. The van der Waals surface area contributed by atoms with Crippen LogP contribution < -0.4 is 0 Å². The molecule has 0 bridgehead atoms. The molecule has 6 nitrogen and oxygen atoms in total. The van der Waals surface area contributed by atoms with Crippen LogP contribution in [0.15, 0.2) is 16.7 Å². The lowest BCUT2D eigenvalue weighted by molar-refractivity contribution is 0.0749. The van der Waals surface area contributed by atoms with Crippen LogP contribution in [0.3, 0.4) is 0 Å². The molecule has 2 fully saturated rings. The van der Waals surface area contributed by atoms with E-state index in [1.54, 1.807) is 0 Å². The van der Waals surface area contributed by atoms with Gasteiger partial charge in [0.25, 0.3) is 5.91 Å². The Morgan fingerprint density at radius 2 is 1.77 bits per heavy atom.